The van der Waals surface area contributed by atoms with Gasteiger partial charge in [0.1, 0.15) is 0 Å². The maximum atomic E-state index is 10.6. The van der Waals surface area contributed by atoms with Crippen LogP contribution in [0.3, 0.4) is 0 Å². The number of aliphatic hydroxyl groups is 1. The number of halogens is 1. The average Bonchev–Trinajstić information content (AvgIpc) is 2.18. The second-order valence-corrected chi connectivity index (χ2v) is 3.90. The lowest BCUT2D eigenvalue weighted by molar-refractivity contribution is -0.385. The van der Waals surface area contributed by atoms with E-state index in [4.69, 9.17) is 0 Å². The fourth-order valence-corrected chi connectivity index (χ4v) is 1.58. The number of nitrogens with one attached hydrogen (secondary N) is 1. The van der Waals surface area contributed by atoms with Gasteiger partial charge in [0.05, 0.1) is 15.5 Å². The molecular formula is C9H11BrN2O3. The highest BCUT2D eigenvalue weighted by atomic mass is 79.9. The minimum Gasteiger partial charge on any atom is -0.387 e. The number of nitrogens with zero attached hydrogens (tertiary/aromatic N) is 1. The quantitative estimate of drug-likeness (QED) is 0.646. The third-order valence-electron chi connectivity index (χ3n) is 1.95. The Morgan fingerprint density at radius 1 is 1.67 bits per heavy atom. The van der Waals surface area contributed by atoms with Gasteiger partial charge >= 0.3 is 0 Å². The highest BCUT2D eigenvalue weighted by Gasteiger charge is 2.15. The minimum atomic E-state index is -0.734. The van der Waals surface area contributed by atoms with Gasteiger partial charge in [-0.2, -0.15) is 0 Å². The first kappa shape index (κ1) is 12.1. The maximum Gasteiger partial charge on any atom is 0.283 e. The summed E-state index contributed by atoms with van der Waals surface area (Å²) in [5, 5.41) is 23.0. The molecule has 0 saturated heterocycles. The Morgan fingerprint density at radius 3 is 2.87 bits per heavy atom. The fraction of sp³-hybridized carbons (Fsp3) is 0.333. The molecule has 0 aliphatic carbocycles. The molecule has 1 aromatic rings. The van der Waals surface area contributed by atoms with Crippen molar-refractivity contribution in [1.82, 2.24) is 5.32 Å². The maximum absolute atomic E-state index is 10.6. The van der Waals surface area contributed by atoms with Crippen LogP contribution in [-0.4, -0.2) is 23.6 Å². The van der Waals surface area contributed by atoms with Crippen molar-refractivity contribution in [1.29, 1.82) is 0 Å². The van der Waals surface area contributed by atoms with Crippen LogP contribution < -0.4 is 5.32 Å². The summed E-state index contributed by atoms with van der Waals surface area (Å²) in [6.45, 7) is 0.360. The van der Waals surface area contributed by atoms with E-state index in [9.17, 15) is 15.2 Å². The van der Waals surface area contributed by atoms with Crippen molar-refractivity contribution in [2.24, 2.45) is 0 Å². The number of nitro benzene ring substituents is 1. The van der Waals surface area contributed by atoms with Crippen molar-refractivity contribution < 1.29 is 10.0 Å². The van der Waals surface area contributed by atoms with E-state index in [0.29, 0.717) is 16.6 Å². The molecule has 0 amide bonds. The van der Waals surface area contributed by atoms with Gasteiger partial charge in [0, 0.05) is 12.6 Å². The molecule has 0 spiro atoms. The molecule has 0 aliphatic heterocycles. The van der Waals surface area contributed by atoms with E-state index in [1.165, 1.54) is 6.07 Å². The molecule has 0 bridgehead atoms. The van der Waals surface area contributed by atoms with Gasteiger partial charge in [-0.15, -0.1) is 0 Å². The van der Waals surface area contributed by atoms with Crippen LogP contribution in [0, 0.1) is 10.1 Å². The summed E-state index contributed by atoms with van der Waals surface area (Å²) < 4.78 is 0.410. The Balaban J connectivity index is 3.02. The lowest BCUT2D eigenvalue weighted by Gasteiger charge is -2.10. The van der Waals surface area contributed by atoms with Gasteiger partial charge in [0.25, 0.3) is 5.69 Å². The minimum absolute atomic E-state index is 0.0392. The molecular weight excluding hydrogens is 264 g/mol. The topological polar surface area (TPSA) is 75.4 Å². The van der Waals surface area contributed by atoms with Crippen LogP contribution in [0.1, 0.15) is 11.7 Å². The van der Waals surface area contributed by atoms with Gasteiger partial charge in [-0.3, -0.25) is 10.1 Å². The van der Waals surface area contributed by atoms with E-state index in [2.05, 4.69) is 21.2 Å². The van der Waals surface area contributed by atoms with Crippen molar-refractivity contribution in [2.75, 3.05) is 13.6 Å². The first-order chi connectivity index (χ1) is 7.06. The smallest absolute Gasteiger partial charge is 0.283 e. The van der Waals surface area contributed by atoms with E-state index < -0.39 is 11.0 Å². The zero-order chi connectivity index (χ0) is 11.4. The lowest BCUT2D eigenvalue weighted by atomic mass is 10.1. The van der Waals surface area contributed by atoms with Gasteiger partial charge in [-0.1, -0.05) is 6.07 Å². The van der Waals surface area contributed by atoms with Crippen molar-refractivity contribution in [3.05, 3.63) is 38.3 Å². The molecule has 0 saturated carbocycles. The number of hydrogen-bond donors (Lipinski definition) is 2. The van der Waals surface area contributed by atoms with Crippen LogP contribution >= 0.6 is 15.9 Å². The predicted octanol–water partition coefficient (Wildman–Crippen LogP) is 1.61. The van der Waals surface area contributed by atoms with E-state index >= 15 is 0 Å². The molecule has 0 aliphatic rings. The number of benzene rings is 1. The molecule has 0 heterocycles. The zero-order valence-electron chi connectivity index (χ0n) is 8.11. The van der Waals surface area contributed by atoms with Crippen LogP contribution in [0.2, 0.25) is 0 Å². The Bertz CT molecular complexity index is 370. The van der Waals surface area contributed by atoms with Crippen LogP contribution in [-0.2, 0) is 0 Å². The standard InChI is InChI=1S/C9H11BrN2O3/c1-11-5-9(13)6-2-3-7(10)8(4-6)12(14)15/h2-4,9,11,13H,5H2,1H3. The molecule has 0 radical (unpaired) electrons. The largest absolute Gasteiger partial charge is 0.387 e. The molecule has 0 aromatic heterocycles. The van der Waals surface area contributed by atoms with Crippen LogP contribution in [0.25, 0.3) is 0 Å². The Hall–Kier alpha value is -0.980. The molecule has 5 nitrogen and oxygen atoms in total. The number of nitro groups is 1. The van der Waals surface area contributed by atoms with E-state index in [1.807, 2.05) is 0 Å². The number of aliphatic hydroxyl groups excluding tert-OH is 1. The van der Waals surface area contributed by atoms with Crippen molar-refractivity contribution in [2.45, 2.75) is 6.10 Å². The van der Waals surface area contributed by atoms with E-state index in [-0.39, 0.29) is 5.69 Å². The summed E-state index contributed by atoms with van der Waals surface area (Å²) in [5.74, 6) is 0. The van der Waals surface area contributed by atoms with Crippen LogP contribution in [0.5, 0.6) is 0 Å². The normalized spacial score (nSPS) is 12.5. The first-order valence-corrected chi connectivity index (χ1v) is 5.12. The Morgan fingerprint density at radius 2 is 2.33 bits per heavy atom. The fourth-order valence-electron chi connectivity index (χ4n) is 1.19. The van der Waals surface area contributed by atoms with Crippen LogP contribution in [0.4, 0.5) is 5.69 Å². The van der Waals surface area contributed by atoms with Crippen molar-refractivity contribution in [3.63, 3.8) is 0 Å². The summed E-state index contributed by atoms with van der Waals surface area (Å²) >= 11 is 3.08. The third kappa shape index (κ3) is 2.98. The molecule has 1 rings (SSSR count). The highest BCUT2D eigenvalue weighted by molar-refractivity contribution is 9.10. The number of rotatable bonds is 4. The Labute approximate surface area is 95.4 Å². The molecule has 82 valence electrons. The zero-order valence-corrected chi connectivity index (χ0v) is 9.69. The monoisotopic (exact) mass is 274 g/mol. The first-order valence-electron chi connectivity index (χ1n) is 4.32. The summed E-state index contributed by atoms with van der Waals surface area (Å²) in [5.41, 5.74) is 0.488. The third-order valence-corrected chi connectivity index (χ3v) is 2.62. The second kappa shape index (κ2) is 5.20. The predicted molar refractivity (Wildman–Crippen MR) is 59.7 cm³/mol. The van der Waals surface area contributed by atoms with Crippen molar-refractivity contribution in [3.8, 4) is 0 Å². The number of hydrogen-bond acceptors (Lipinski definition) is 4. The summed E-state index contributed by atoms with van der Waals surface area (Å²) in [4.78, 5) is 10.1. The van der Waals surface area contributed by atoms with Gasteiger partial charge in [-0.25, -0.2) is 0 Å². The van der Waals surface area contributed by atoms with Gasteiger partial charge < -0.3 is 10.4 Å². The molecule has 2 N–H and O–H groups in total. The molecule has 1 aromatic carbocycles. The van der Waals surface area contributed by atoms with Gasteiger partial charge in [-0.05, 0) is 34.6 Å². The van der Waals surface area contributed by atoms with Crippen LogP contribution in [0.15, 0.2) is 22.7 Å². The summed E-state index contributed by atoms with van der Waals surface area (Å²) in [6.07, 6.45) is -0.734. The van der Waals surface area contributed by atoms with E-state index in [0.717, 1.165) is 0 Å². The molecule has 0 fully saturated rings. The molecule has 6 heteroatoms. The summed E-state index contributed by atoms with van der Waals surface area (Å²) in [7, 11) is 1.70. The highest BCUT2D eigenvalue weighted by Crippen LogP contribution is 2.27. The molecule has 15 heavy (non-hydrogen) atoms. The van der Waals surface area contributed by atoms with E-state index in [1.54, 1.807) is 19.2 Å². The molecule has 1 unspecified atom stereocenters. The average molecular weight is 275 g/mol. The SMILES string of the molecule is CNCC(O)c1ccc(Br)c([N+](=O)[O-])c1. The number of likely N-dealkylation sites (N-methyl/N-ethyl adjacent to an activating group) is 1. The van der Waals surface area contributed by atoms with Gasteiger partial charge in [0.15, 0.2) is 0 Å². The Kier molecular flexibility index (Phi) is 4.19. The summed E-state index contributed by atoms with van der Waals surface area (Å²) in [6, 6.07) is 4.58. The lowest BCUT2D eigenvalue weighted by Crippen LogP contribution is -2.16. The second-order valence-electron chi connectivity index (χ2n) is 3.04. The van der Waals surface area contributed by atoms with Crippen molar-refractivity contribution >= 4 is 21.6 Å². The molecule has 1 atom stereocenters. The van der Waals surface area contributed by atoms with Gasteiger partial charge in [0.2, 0.25) is 0 Å².